The second-order valence-electron chi connectivity index (χ2n) is 4.63. The monoisotopic (exact) mass is 248 g/mol. The van der Waals surface area contributed by atoms with Crippen LogP contribution in [-0.4, -0.2) is 12.5 Å². The first-order chi connectivity index (χ1) is 8.74. The van der Waals surface area contributed by atoms with Gasteiger partial charge in [0.15, 0.2) is 0 Å². The molecule has 1 aromatic rings. The fourth-order valence-corrected chi connectivity index (χ4v) is 2.04. The van der Waals surface area contributed by atoms with Crippen LogP contribution in [0.25, 0.3) is 0 Å². The molecule has 0 heterocycles. The maximum absolute atomic E-state index is 10.8. The molecular weight excluding hydrogens is 224 g/mol. The molecule has 0 saturated carbocycles. The molecule has 0 fully saturated rings. The van der Waals surface area contributed by atoms with E-state index < -0.39 is 0 Å². The van der Waals surface area contributed by atoms with Crippen molar-refractivity contribution < 1.29 is 4.79 Å². The van der Waals surface area contributed by atoms with Crippen LogP contribution in [0.3, 0.4) is 0 Å². The van der Waals surface area contributed by atoms with Crippen molar-refractivity contribution in [3.05, 3.63) is 35.9 Å². The summed E-state index contributed by atoms with van der Waals surface area (Å²) in [5, 5.41) is 3.43. The number of benzene rings is 1. The Morgan fingerprint density at radius 3 is 2.61 bits per heavy atom. The number of nitrogens with two attached hydrogens (primary N) is 1. The molecule has 1 atom stereocenters. The SMILES string of the molecule is CCCCCC(NCCC(N)=O)c1ccccc1. The van der Waals surface area contributed by atoms with Gasteiger partial charge in [0.05, 0.1) is 0 Å². The highest BCUT2D eigenvalue weighted by Gasteiger charge is 2.10. The van der Waals surface area contributed by atoms with E-state index >= 15 is 0 Å². The molecule has 0 aliphatic carbocycles. The number of primary amides is 1. The Labute approximate surface area is 110 Å². The van der Waals surface area contributed by atoms with Gasteiger partial charge in [-0.15, -0.1) is 0 Å². The number of amides is 1. The largest absolute Gasteiger partial charge is 0.370 e. The van der Waals surface area contributed by atoms with Gasteiger partial charge in [-0.25, -0.2) is 0 Å². The summed E-state index contributed by atoms with van der Waals surface area (Å²) in [7, 11) is 0. The molecule has 1 amide bonds. The fourth-order valence-electron chi connectivity index (χ4n) is 2.04. The predicted octanol–water partition coefficient (Wildman–Crippen LogP) is 2.77. The molecule has 1 unspecified atom stereocenters. The summed E-state index contributed by atoms with van der Waals surface area (Å²) in [5.74, 6) is -0.247. The Kier molecular flexibility index (Phi) is 7.11. The lowest BCUT2D eigenvalue weighted by Gasteiger charge is -2.19. The molecule has 3 nitrogen and oxygen atoms in total. The van der Waals surface area contributed by atoms with Gasteiger partial charge >= 0.3 is 0 Å². The molecule has 0 aromatic heterocycles. The van der Waals surface area contributed by atoms with E-state index in [-0.39, 0.29) is 5.91 Å². The van der Waals surface area contributed by atoms with Gasteiger partial charge in [0.1, 0.15) is 0 Å². The van der Waals surface area contributed by atoms with Crippen LogP contribution in [-0.2, 0) is 4.79 Å². The smallest absolute Gasteiger partial charge is 0.218 e. The fraction of sp³-hybridized carbons (Fsp3) is 0.533. The van der Waals surface area contributed by atoms with Crippen LogP contribution in [0.15, 0.2) is 30.3 Å². The minimum absolute atomic E-state index is 0.247. The van der Waals surface area contributed by atoms with E-state index in [1.54, 1.807) is 0 Å². The second-order valence-corrected chi connectivity index (χ2v) is 4.63. The second kappa shape index (κ2) is 8.70. The van der Waals surface area contributed by atoms with Crippen molar-refractivity contribution in [3.8, 4) is 0 Å². The quantitative estimate of drug-likeness (QED) is 0.660. The van der Waals surface area contributed by atoms with Crippen LogP contribution in [0.5, 0.6) is 0 Å². The number of carbonyl (C=O) groups excluding carboxylic acids is 1. The average molecular weight is 248 g/mol. The van der Waals surface area contributed by atoms with E-state index in [2.05, 4.69) is 36.5 Å². The molecule has 3 N–H and O–H groups in total. The Morgan fingerprint density at radius 2 is 2.00 bits per heavy atom. The first-order valence-corrected chi connectivity index (χ1v) is 6.80. The van der Waals surface area contributed by atoms with Crippen LogP contribution in [0.1, 0.15) is 50.6 Å². The third kappa shape index (κ3) is 5.82. The summed E-state index contributed by atoms with van der Waals surface area (Å²) in [5.41, 5.74) is 6.45. The number of hydrogen-bond acceptors (Lipinski definition) is 2. The first-order valence-electron chi connectivity index (χ1n) is 6.80. The van der Waals surface area contributed by atoms with Gasteiger partial charge in [-0.3, -0.25) is 4.79 Å². The van der Waals surface area contributed by atoms with Crippen LogP contribution < -0.4 is 11.1 Å². The van der Waals surface area contributed by atoms with Gasteiger partial charge in [0.25, 0.3) is 0 Å². The zero-order chi connectivity index (χ0) is 13.2. The lowest BCUT2D eigenvalue weighted by Crippen LogP contribution is -2.26. The number of unbranched alkanes of at least 4 members (excludes halogenated alkanes) is 2. The van der Waals surface area contributed by atoms with Crippen LogP contribution in [0.4, 0.5) is 0 Å². The Balaban J connectivity index is 2.49. The number of nitrogens with one attached hydrogen (secondary N) is 1. The molecular formula is C15H24N2O. The third-order valence-electron chi connectivity index (χ3n) is 3.06. The van der Waals surface area contributed by atoms with E-state index in [9.17, 15) is 4.79 Å². The lowest BCUT2D eigenvalue weighted by atomic mass is 10.0. The Morgan fingerprint density at radius 1 is 1.28 bits per heavy atom. The Bertz CT molecular complexity index is 338. The number of hydrogen-bond donors (Lipinski definition) is 2. The highest BCUT2D eigenvalue weighted by molar-refractivity contribution is 5.73. The van der Waals surface area contributed by atoms with E-state index in [1.807, 2.05) is 6.07 Å². The first kappa shape index (κ1) is 14.7. The van der Waals surface area contributed by atoms with Gasteiger partial charge in [0, 0.05) is 19.0 Å². The predicted molar refractivity (Wildman–Crippen MR) is 75.1 cm³/mol. The molecule has 0 saturated heterocycles. The highest BCUT2D eigenvalue weighted by Crippen LogP contribution is 2.19. The van der Waals surface area contributed by atoms with Crippen molar-refractivity contribution in [2.75, 3.05) is 6.54 Å². The molecule has 100 valence electrons. The molecule has 0 spiro atoms. The van der Waals surface area contributed by atoms with Gasteiger partial charge < -0.3 is 11.1 Å². The standard InChI is InChI=1S/C15H24N2O/c1-2-3-5-10-14(17-12-11-15(16)18)13-8-6-4-7-9-13/h4,6-9,14,17H,2-3,5,10-12H2,1H3,(H2,16,18). The molecule has 0 bridgehead atoms. The molecule has 18 heavy (non-hydrogen) atoms. The molecule has 1 rings (SSSR count). The molecule has 3 heteroatoms. The summed E-state index contributed by atoms with van der Waals surface area (Å²) in [4.78, 5) is 10.8. The summed E-state index contributed by atoms with van der Waals surface area (Å²) < 4.78 is 0. The van der Waals surface area contributed by atoms with Gasteiger partial charge in [0.2, 0.25) is 5.91 Å². The molecule has 0 aliphatic rings. The minimum Gasteiger partial charge on any atom is -0.370 e. The van der Waals surface area contributed by atoms with Crippen molar-refractivity contribution >= 4 is 5.91 Å². The molecule has 1 aromatic carbocycles. The number of rotatable bonds is 9. The highest BCUT2D eigenvalue weighted by atomic mass is 16.1. The maximum atomic E-state index is 10.8. The van der Waals surface area contributed by atoms with E-state index in [0.717, 1.165) is 6.42 Å². The van der Waals surface area contributed by atoms with Crippen molar-refractivity contribution in [2.24, 2.45) is 5.73 Å². The molecule has 0 radical (unpaired) electrons. The van der Waals surface area contributed by atoms with Gasteiger partial charge in [-0.05, 0) is 12.0 Å². The molecule has 0 aliphatic heterocycles. The summed E-state index contributed by atoms with van der Waals surface area (Å²) >= 11 is 0. The lowest BCUT2D eigenvalue weighted by molar-refractivity contribution is -0.117. The minimum atomic E-state index is -0.247. The van der Waals surface area contributed by atoms with Crippen molar-refractivity contribution in [1.82, 2.24) is 5.32 Å². The zero-order valence-corrected chi connectivity index (χ0v) is 11.2. The van der Waals surface area contributed by atoms with Crippen molar-refractivity contribution in [2.45, 2.75) is 45.1 Å². The van der Waals surface area contributed by atoms with E-state index in [0.29, 0.717) is 19.0 Å². The average Bonchev–Trinajstić information content (AvgIpc) is 2.38. The zero-order valence-electron chi connectivity index (χ0n) is 11.2. The van der Waals surface area contributed by atoms with E-state index in [4.69, 9.17) is 5.73 Å². The summed E-state index contributed by atoms with van der Waals surface area (Å²) in [6.45, 7) is 2.86. The Hall–Kier alpha value is -1.35. The van der Waals surface area contributed by atoms with Gasteiger partial charge in [-0.1, -0.05) is 56.5 Å². The van der Waals surface area contributed by atoms with Gasteiger partial charge in [-0.2, -0.15) is 0 Å². The third-order valence-corrected chi connectivity index (χ3v) is 3.06. The van der Waals surface area contributed by atoms with E-state index in [1.165, 1.54) is 24.8 Å². The maximum Gasteiger partial charge on any atom is 0.218 e. The van der Waals surface area contributed by atoms with Crippen molar-refractivity contribution in [3.63, 3.8) is 0 Å². The van der Waals surface area contributed by atoms with Crippen LogP contribution in [0.2, 0.25) is 0 Å². The van der Waals surface area contributed by atoms with Crippen LogP contribution >= 0.6 is 0 Å². The topological polar surface area (TPSA) is 55.1 Å². The number of carbonyl (C=O) groups is 1. The normalized spacial score (nSPS) is 12.3. The van der Waals surface area contributed by atoms with Crippen LogP contribution in [0, 0.1) is 0 Å². The van der Waals surface area contributed by atoms with Crippen molar-refractivity contribution in [1.29, 1.82) is 0 Å². The summed E-state index contributed by atoms with van der Waals surface area (Å²) in [6.07, 6.45) is 5.19. The summed E-state index contributed by atoms with van der Waals surface area (Å²) in [6, 6.07) is 10.7.